The fraction of sp³-hybridized carbons (Fsp3) is 0.160. The molecule has 2 aromatic heterocycles. The molecular weight excluding hydrogens is 512 g/mol. The van der Waals surface area contributed by atoms with E-state index in [1.807, 2.05) is 0 Å². The van der Waals surface area contributed by atoms with E-state index in [0.717, 1.165) is 10.5 Å². The van der Waals surface area contributed by atoms with Crippen molar-refractivity contribution in [1.82, 2.24) is 25.2 Å². The molecule has 0 spiro atoms. The smallest absolute Gasteiger partial charge is 0.448 e. The van der Waals surface area contributed by atoms with Crippen molar-refractivity contribution >= 4 is 35.2 Å². The van der Waals surface area contributed by atoms with Gasteiger partial charge in [-0.3, -0.25) is 18.9 Å². The van der Waals surface area contributed by atoms with Crippen molar-refractivity contribution in [2.45, 2.75) is 20.0 Å². The van der Waals surface area contributed by atoms with E-state index >= 15 is 0 Å². The summed E-state index contributed by atoms with van der Waals surface area (Å²) in [5.41, 5.74) is 2.01. The van der Waals surface area contributed by atoms with Crippen LogP contribution in [0.2, 0.25) is 0 Å². The lowest BCUT2D eigenvalue weighted by Gasteiger charge is -2.18. The lowest BCUT2D eigenvalue weighted by Crippen LogP contribution is -2.30. The van der Waals surface area contributed by atoms with Crippen molar-refractivity contribution < 1.29 is 33.5 Å². The number of aromatic nitrogens is 3. The van der Waals surface area contributed by atoms with E-state index < -0.39 is 23.5 Å². The second kappa shape index (κ2) is 10.1. The molecule has 3 amide bonds. The Labute approximate surface area is 218 Å². The Morgan fingerprint density at radius 2 is 1.74 bits per heavy atom. The highest BCUT2D eigenvalue weighted by Gasteiger charge is 2.21. The molecule has 0 unspecified atom stereocenters. The van der Waals surface area contributed by atoms with Crippen molar-refractivity contribution in [2.75, 3.05) is 11.9 Å². The Balaban J connectivity index is 1.33. The zero-order chi connectivity index (χ0) is 27.7. The molecule has 5 rings (SSSR count). The average Bonchev–Trinajstić information content (AvgIpc) is 3.29. The highest BCUT2D eigenvalue weighted by molar-refractivity contribution is 5.98. The van der Waals surface area contributed by atoms with Gasteiger partial charge < -0.3 is 25.8 Å². The molecule has 3 heterocycles. The van der Waals surface area contributed by atoms with Crippen LogP contribution in [0.4, 0.5) is 5.69 Å². The average molecular weight is 532 g/mol. The molecule has 0 saturated heterocycles. The second-order valence-electron chi connectivity index (χ2n) is 8.60. The minimum absolute atomic E-state index is 0.0268. The maximum absolute atomic E-state index is 13.1. The number of hydrogen-bond acceptors (Lipinski definition) is 9. The van der Waals surface area contributed by atoms with Gasteiger partial charge in [-0.15, -0.1) is 0 Å². The summed E-state index contributed by atoms with van der Waals surface area (Å²) < 4.78 is 10.8. The van der Waals surface area contributed by atoms with E-state index in [1.54, 1.807) is 37.3 Å². The lowest BCUT2D eigenvalue weighted by atomic mass is 10.1. The van der Waals surface area contributed by atoms with Gasteiger partial charge in [-0.2, -0.15) is 0 Å². The number of carbonyl (C=O) groups is 4. The number of benzene rings is 2. The fourth-order valence-corrected chi connectivity index (χ4v) is 4.00. The lowest BCUT2D eigenvalue weighted by molar-refractivity contribution is -0.118. The molecule has 0 atom stereocenters. The summed E-state index contributed by atoms with van der Waals surface area (Å²) in [7, 11) is 0. The Morgan fingerprint density at radius 3 is 2.49 bits per heavy atom. The van der Waals surface area contributed by atoms with Crippen molar-refractivity contribution in [3.63, 3.8) is 0 Å². The maximum atomic E-state index is 13.1. The SMILES string of the molecule is Cc1cc(CNC(=O)c2cc(C(=O)NCc3ccc4c(c3)NC(=O)CO4)n3c(=O)onc3n2)ccc1C(=O)O. The molecule has 1 aliphatic heterocycles. The van der Waals surface area contributed by atoms with Gasteiger partial charge in [0.05, 0.1) is 11.3 Å². The number of anilines is 1. The van der Waals surface area contributed by atoms with Gasteiger partial charge in [-0.25, -0.2) is 19.0 Å². The van der Waals surface area contributed by atoms with Gasteiger partial charge in [0.2, 0.25) is 0 Å². The predicted octanol–water partition coefficient (Wildman–Crippen LogP) is 0.880. The summed E-state index contributed by atoms with van der Waals surface area (Å²) in [5, 5.41) is 20.7. The van der Waals surface area contributed by atoms with Crippen LogP contribution in [0.3, 0.4) is 0 Å². The van der Waals surface area contributed by atoms with Crippen LogP contribution >= 0.6 is 0 Å². The first-order chi connectivity index (χ1) is 18.7. The third-order valence-electron chi connectivity index (χ3n) is 5.89. The molecule has 0 saturated carbocycles. The fourth-order valence-electron chi connectivity index (χ4n) is 4.00. The highest BCUT2D eigenvalue weighted by Crippen LogP contribution is 2.28. The van der Waals surface area contributed by atoms with Crippen LogP contribution in [-0.2, 0) is 17.9 Å². The molecule has 198 valence electrons. The highest BCUT2D eigenvalue weighted by atomic mass is 16.5. The van der Waals surface area contributed by atoms with E-state index in [1.165, 1.54) is 6.07 Å². The molecule has 14 nitrogen and oxygen atoms in total. The van der Waals surface area contributed by atoms with Crippen LogP contribution in [0.5, 0.6) is 5.75 Å². The number of fused-ring (bicyclic) bond motifs is 2. The normalized spacial score (nSPS) is 12.3. The van der Waals surface area contributed by atoms with E-state index in [9.17, 15) is 29.1 Å². The number of rotatable bonds is 7. The molecule has 0 fully saturated rings. The topological polar surface area (TPSA) is 194 Å². The van der Waals surface area contributed by atoms with Gasteiger partial charge in [0.1, 0.15) is 17.1 Å². The van der Waals surface area contributed by atoms with Crippen LogP contribution in [0, 0.1) is 6.92 Å². The first-order valence-electron chi connectivity index (χ1n) is 11.5. The zero-order valence-corrected chi connectivity index (χ0v) is 20.3. The Bertz CT molecular complexity index is 1720. The van der Waals surface area contributed by atoms with Crippen molar-refractivity contribution in [3.8, 4) is 5.75 Å². The van der Waals surface area contributed by atoms with Crippen molar-refractivity contribution in [1.29, 1.82) is 0 Å². The molecule has 1 aliphatic rings. The molecule has 2 aromatic carbocycles. The number of amides is 3. The number of carbonyl (C=O) groups excluding carboxylic acids is 3. The standard InChI is InChI=1S/C25H20N6O8/c1-12-6-13(2-4-15(12)23(35)36)9-26-21(33)17-8-18(31-24(29-17)30-39-25(31)37)22(34)27-10-14-3-5-19-16(7-14)28-20(32)11-38-19/h2-8H,9-11H2,1H3,(H,26,33)(H,27,34)(H,28,32)(H,35,36). The molecule has 0 bridgehead atoms. The molecule has 4 aromatic rings. The number of aromatic carboxylic acids is 1. The zero-order valence-electron chi connectivity index (χ0n) is 20.3. The van der Waals surface area contributed by atoms with Gasteiger partial charge in [0.25, 0.3) is 23.5 Å². The van der Waals surface area contributed by atoms with E-state index in [-0.39, 0.29) is 48.3 Å². The minimum atomic E-state index is -1.05. The number of carboxylic acid groups (broad SMARTS) is 1. The van der Waals surface area contributed by atoms with Crippen LogP contribution in [0.15, 0.2) is 51.8 Å². The number of aryl methyl sites for hydroxylation is 1. The van der Waals surface area contributed by atoms with Crippen LogP contribution in [0.1, 0.15) is 48.0 Å². The number of nitrogens with one attached hydrogen (secondary N) is 3. The number of nitrogens with zero attached hydrogens (tertiary/aromatic N) is 3. The van der Waals surface area contributed by atoms with Crippen molar-refractivity contribution in [2.24, 2.45) is 0 Å². The number of hydrogen-bond donors (Lipinski definition) is 4. The Kier molecular flexibility index (Phi) is 6.50. The van der Waals surface area contributed by atoms with Gasteiger partial charge in [-0.05, 0) is 53.0 Å². The van der Waals surface area contributed by atoms with Gasteiger partial charge in [0.15, 0.2) is 6.61 Å². The Hall–Kier alpha value is -5.53. The van der Waals surface area contributed by atoms with E-state index in [2.05, 4.69) is 30.6 Å². The number of ether oxygens (including phenoxy) is 1. The summed E-state index contributed by atoms with van der Waals surface area (Å²) in [6.45, 7) is 1.64. The van der Waals surface area contributed by atoms with Crippen LogP contribution in [-0.4, -0.2) is 49.9 Å². The predicted molar refractivity (Wildman–Crippen MR) is 133 cm³/mol. The molecule has 0 radical (unpaired) electrons. The maximum Gasteiger partial charge on any atom is 0.448 e. The monoisotopic (exact) mass is 532 g/mol. The molecule has 4 N–H and O–H groups in total. The summed E-state index contributed by atoms with van der Waals surface area (Å²) in [6, 6.07) is 10.8. The van der Waals surface area contributed by atoms with Crippen molar-refractivity contribution in [3.05, 3.63) is 86.7 Å². The van der Waals surface area contributed by atoms with Gasteiger partial charge in [-0.1, -0.05) is 18.2 Å². The third-order valence-corrected chi connectivity index (χ3v) is 5.89. The Morgan fingerprint density at radius 1 is 1.03 bits per heavy atom. The summed E-state index contributed by atoms with van der Waals surface area (Å²) >= 11 is 0. The molecule has 39 heavy (non-hydrogen) atoms. The van der Waals surface area contributed by atoms with Crippen LogP contribution < -0.4 is 26.4 Å². The first-order valence-corrected chi connectivity index (χ1v) is 11.5. The van der Waals surface area contributed by atoms with Gasteiger partial charge >= 0.3 is 11.7 Å². The number of carboxylic acids is 1. The summed E-state index contributed by atoms with van der Waals surface area (Å²) in [6.07, 6.45) is 0. The molecule has 14 heteroatoms. The largest absolute Gasteiger partial charge is 0.482 e. The van der Waals surface area contributed by atoms with Gasteiger partial charge in [0, 0.05) is 13.1 Å². The van der Waals surface area contributed by atoms with Crippen LogP contribution in [0.25, 0.3) is 5.78 Å². The van der Waals surface area contributed by atoms with E-state index in [0.29, 0.717) is 28.1 Å². The second-order valence-corrected chi connectivity index (χ2v) is 8.60. The molecular formula is C25H20N6O8. The minimum Gasteiger partial charge on any atom is -0.482 e. The molecule has 0 aliphatic carbocycles. The quantitative estimate of drug-likeness (QED) is 0.265. The summed E-state index contributed by atoms with van der Waals surface area (Å²) in [5.74, 6) is -3.47. The van der Waals surface area contributed by atoms with E-state index in [4.69, 9.17) is 4.74 Å². The summed E-state index contributed by atoms with van der Waals surface area (Å²) in [4.78, 5) is 64.9. The first kappa shape index (κ1) is 25.1. The third kappa shape index (κ3) is 5.16.